The van der Waals surface area contributed by atoms with Gasteiger partial charge in [0.15, 0.2) is 0 Å². The number of rotatable bonds is 5. The van der Waals surface area contributed by atoms with Gasteiger partial charge in [-0.25, -0.2) is 0 Å². The molecule has 0 aromatic heterocycles. The number of piperidine rings is 1. The van der Waals surface area contributed by atoms with Gasteiger partial charge in [-0.2, -0.15) is 0 Å². The van der Waals surface area contributed by atoms with Crippen LogP contribution < -0.4 is 5.32 Å². The number of likely N-dealkylation sites (tertiary alicyclic amines) is 1. The number of nitrogens with zero attached hydrogens (tertiary/aromatic N) is 1. The molecular weight excluding hydrogens is 208 g/mol. The minimum absolute atomic E-state index is 0.270. The van der Waals surface area contributed by atoms with Gasteiger partial charge in [-0.3, -0.25) is 0 Å². The Morgan fingerprint density at radius 1 is 1.24 bits per heavy atom. The maximum absolute atomic E-state index is 3.64. The van der Waals surface area contributed by atoms with Crippen molar-refractivity contribution in [2.75, 3.05) is 19.6 Å². The number of nitrogens with one attached hydrogen (secondary N) is 1. The highest BCUT2D eigenvalue weighted by Gasteiger charge is 2.23. The molecule has 0 saturated carbocycles. The van der Waals surface area contributed by atoms with E-state index in [0.29, 0.717) is 0 Å². The van der Waals surface area contributed by atoms with Crippen LogP contribution in [0.2, 0.25) is 0 Å². The van der Waals surface area contributed by atoms with Gasteiger partial charge in [0.05, 0.1) is 0 Å². The Morgan fingerprint density at radius 3 is 2.29 bits per heavy atom. The van der Waals surface area contributed by atoms with E-state index in [1.165, 1.54) is 45.3 Å². The largest absolute Gasteiger partial charge is 0.312 e. The molecule has 0 amide bonds. The molecule has 1 saturated heterocycles. The fraction of sp³-hybridized carbons (Fsp3) is 1.00. The van der Waals surface area contributed by atoms with Crippen molar-refractivity contribution in [3.05, 3.63) is 0 Å². The molecule has 0 aromatic rings. The first kappa shape index (κ1) is 15.0. The molecule has 1 N–H and O–H groups in total. The van der Waals surface area contributed by atoms with Crippen molar-refractivity contribution in [1.82, 2.24) is 10.2 Å². The average molecular weight is 240 g/mol. The zero-order chi connectivity index (χ0) is 12.9. The van der Waals surface area contributed by atoms with Crippen molar-refractivity contribution in [3.8, 4) is 0 Å². The maximum Gasteiger partial charge on any atom is 0.00966 e. The van der Waals surface area contributed by atoms with Crippen LogP contribution in [-0.2, 0) is 0 Å². The first-order valence-corrected chi connectivity index (χ1v) is 7.41. The summed E-state index contributed by atoms with van der Waals surface area (Å²) in [4.78, 5) is 2.68. The highest BCUT2D eigenvalue weighted by Crippen LogP contribution is 2.20. The van der Waals surface area contributed by atoms with Gasteiger partial charge in [0.1, 0.15) is 0 Å². The Hall–Kier alpha value is -0.0800. The summed E-state index contributed by atoms with van der Waals surface area (Å²) >= 11 is 0. The summed E-state index contributed by atoms with van der Waals surface area (Å²) in [5.41, 5.74) is 0.270. The predicted molar refractivity (Wildman–Crippen MR) is 76.4 cm³/mol. The standard InChI is InChI=1S/C15H32N2/c1-6-7-13(2)17-10-8-14(9-11-17)12-16-15(3,4)5/h13-14,16H,6-12H2,1-5H3. The molecule has 17 heavy (non-hydrogen) atoms. The van der Waals surface area contributed by atoms with Gasteiger partial charge in [-0.15, -0.1) is 0 Å². The predicted octanol–water partition coefficient (Wildman–Crippen LogP) is 3.28. The first-order valence-electron chi connectivity index (χ1n) is 7.41. The van der Waals surface area contributed by atoms with Crippen LogP contribution in [0.5, 0.6) is 0 Å². The van der Waals surface area contributed by atoms with E-state index in [1.54, 1.807) is 0 Å². The van der Waals surface area contributed by atoms with Crippen LogP contribution in [0.1, 0.15) is 60.3 Å². The third-order valence-corrected chi connectivity index (χ3v) is 3.90. The average Bonchev–Trinajstić information content (AvgIpc) is 2.26. The molecule has 102 valence electrons. The molecule has 2 heteroatoms. The highest BCUT2D eigenvalue weighted by atomic mass is 15.2. The van der Waals surface area contributed by atoms with Crippen molar-refractivity contribution in [3.63, 3.8) is 0 Å². The van der Waals surface area contributed by atoms with Crippen molar-refractivity contribution in [1.29, 1.82) is 0 Å². The molecule has 0 radical (unpaired) electrons. The van der Waals surface area contributed by atoms with Crippen LogP contribution in [0.3, 0.4) is 0 Å². The Balaban J connectivity index is 2.21. The Kier molecular flexibility index (Phi) is 5.94. The number of hydrogen-bond acceptors (Lipinski definition) is 2. The molecule has 1 fully saturated rings. The second-order valence-electron chi connectivity index (χ2n) is 6.75. The van der Waals surface area contributed by atoms with Gasteiger partial charge < -0.3 is 10.2 Å². The zero-order valence-electron chi connectivity index (χ0n) is 12.6. The monoisotopic (exact) mass is 240 g/mol. The lowest BCUT2D eigenvalue weighted by molar-refractivity contribution is 0.131. The molecule has 0 bridgehead atoms. The topological polar surface area (TPSA) is 15.3 Å². The lowest BCUT2D eigenvalue weighted by atomic mass is 9.94. The molecule has 1 aliphatic heterocycles. The van der Waals surface area contributed by atoms with Crippen LogP contribution in [0.15, 0.2) is 0 Å². The normalized spacial score (nSPS) is 21.7. The van der Waals surface area contributed by atoms with E-state index >= 15 is 0 Å². The van der Waals surface area contributed by atoms with E-state index in [2.05, 4.69) is 44.8 Å². The quantitative estimate of drug-likeness (QED) is 0.793. The SMILES string of the molecule is CCCC(C)N1CCC(CNC(C)(C)C)CC1. The van der Waals surface area contributed by atoms with Gasteiger partial charge in [0.2, 0.25) is 0 Å². The van der Waals surface area contributed by atoms with Crippen LogP contribution in [0, 0.1) is 5.92 Å². The van der Waals surface area contributed by atoms with Crippen LogP contribution in [0.4, 0.5) is 0 Å². The summed E-state index contributed by atoms with van der Waals surface area (Å²) in [7, 11) is 0. The summed E-state index contributed by atoms with van der Waals surface area (Å²) in [6.07, 6.45) is 5.41. The Morgan fingerprint density at radius 2 is 1.82 bits per heavy atom. The minimum atomic E-state index is 0.270. The lowest BCUT2D eigenvalue weighted by Crippen LogP contribution is -2.44. The van der Waals surface area contributed by atoms with E-state index in [-0.39, 0.29) is 5.54 Å². The van der Waals surface area contributed by atoms with Gasteiger partial charge >= 0.3 is 0 Å². The van der Waals surface area contributed by atoms with Crippen molar-refractivity contribution in [2.45, 2.75) is 71.9 Å². The van der Waals surface area contributed by atoms with E-state index in [9.17, 15) is 0 Å². The summed E-state index contributed by atoms with van der Waals surface area (Å²) in [5, 5.41) is 3.64. The van der Waals surface area contributed by atoms with Gasteiger partial charge in [0.25, 0.3) is 0 Å². The third kappa shape index (κ3) is 5.87. The molecule has 1 aliphatic rings. The second-order valence-corrected chi connectivity index (χ2v) is 6.75. The van der Waals surface area contributed by atoms with Gasteiger partial charge in [0, 0.05) is 11.6 Å². The minimum Gasteiger partial charge on any atom is -0.312 e. The molecule has 2 nitrogen and oxygen atoms in total. The van der Waals surface area contributed by atoms with E-state index in [4.69, 9.17) is 0 Å². The summed E-state index contributed by atoms with van der Waals surface area (Å²) in [6, 6.07) is 0.788. The van der Waals surface area contributed by atoms with Crippen molar-refractivity contribution in [2.24, 2.45) is 5.92 Å². The molecule has 0 aliphatic carbocycles. The maximum atomic E-state index is 3.64. The first-order chi connectivity index (χ1) is 7.92. The van der Waals surface area contributed by atoms with Gasteiger partial charge in [-0.05, 0) is 72.5 Å². The molecule has 0 aromatic carbocycles. The van der Waals surface area contributed by atoms with Crippen LogP contribution in [-0.4, -0.2) is 36.1 Å². The molecule has 1 atom stereocenters. The molecule has 1 unspecified atom stereocenters. The summed E-state index contributed by atoms with van der Waals surface area (Å²) < 4.78 is 0. The molecule has 1 rings (SSSR count). The van der Waals surface area contributed by atoms with E-state index in [0.717, 1.165) is 12.0 Å². The third-order valence-electron chi connectivity index (χ3n) is 3.90. The van der Waals surface area contributed by atoms with Crippen LogP contribution >= 0.6 is 0 Å². The molecular formula is C15H32N2. The number of hydrogen-bond donors (Lipinski definition) is 1. The fourth-order valence-corrected chi connectivity index (χ4v) is 2.65. The lowest BCUT2D eigenvalue weighted by Gasteiger charge is -2.37. The van der Waals surface area contributed by atoms with Crippen molar-refractivity contribution < 1.29 is 0 Å². The molecule has 0 spiro atoms. The van der Waals surface area contributed by atoms with E-state index < -0.39 is 0 Å². The Labute approximate surface area is 108 Å². The summed E-state index contributed by atoms with van der Waals surface area (Å²) in [6.45, 7) is 15.2. The van der Waals surface area contributed by atoms with Gasteiger partial charge in [-0.1, -0.05) is 13.3 Å². The van der Waals surface area contributed by atoms with Crippen molar-refractivity contribution >= 4 is 0 Å². The highest BCUT2D eigenvalue weighted by molar-refractivity contribution is 4.79. The zero-order valence-corrected chi connectivity index (χ0v) is 12.6. The van der Waals surface area contributed by atoms with E-state index in [1.807, 2.05) is 0 Å². The summed E-state index contributed by atoms with van der Waals surface area (Å²) in [5.74, 6) is 0.888. The fourth-order valence-electron chi connectivity index (χ4n) is 2.65. The van der Waals surface area contributed by atoms with Crippen LogP contribution in [0.25, 0.3) is 0 Å². The molecule has 1 heterocycles. The second kappa shape index (κ2) is 6.75. The smallest absolute Gasteiger partial charge is 0.00966 e. The Bertz CT molecular complexity index is 199.